The molecule has 9 heteroatoms. The maximum absolute atomic E-state index is 13.1. The largest absolute Gasteiger partial charge is 0.496 e. The number of hydrogen-bond donors (Lipinski definition) is 1. The Morgan fingerprint density at radius 2 is 1.75 bits per heavy atom. The first kappa shape index (κ1) is 24.5. The van der Waals surface area contributed by atoms with Crippen molar-refractivity contribution in [2.24, 2.45) is 5.92 Å². The quantitative estimate of drug-likeness (QED) is 0.620. The predicted molar refractivity (Wildman–Crippen MR) is 120 cm³/mol. The van der Waals surface area contributed by atoms with Gasteiger partial charge in [0.25, 0.3) is 5.91 Å². The Morgan fingerprint density at radius 3 is 2.41 bits per heavy atom. The van der Waals surface area contributed by atoms with Crippen LogP contribution in [0.15, 0.2) is 23.1 Å². The number of nitrogens with zero attached hydrogens (tertiary/aromatic N) is 1. The molecule has 3 rings (SSSR count). The van der Waals surface area contributed by atoms with Crippen LogP contribution in [0.2, 0.25) is 0 Å². The molecule has 1 saturated carbocycles. The standard InChI is InChI=1S/C23H34N2O6S/c1-17-9-5-6-10-20(17)24-22(26)16-31-23(27)19-15-18(11-12-21(19)30-2)32(28,29)25-13-7-3-4-8-14-25/h11-12,15,17,20H,3-10,13-14,16H2,1-2H3,(H,24,26)/t17-,20+/m0/s1. The molecular formula is C23H34N2O6S. The van der Waals surface area contributed by atoms with Gasteiger partial charge in [-0.25, -0.2) is 13.2 Å². The van der Waals surface area contributed by atoms with Crippen LogP contribution in [0.5, 0.6) is 5.75 Å². The molecule has 0 radical (unpaired) electrons. The molecule has 1 aromatic carbocycles. The smallest absolute Gasteiger partial charge is 0.342 e. The Morgan fingerprint density at radius 1 is 1.06 bits per heavy atom. The summed E-state index contributed by atoms with van der Waals surface area (Å²) in [4.78, 5) is 25.0. The number of ether oxygens (including phenoxy) is 2. The number of carbonyl (C=O) groups is 2. The fourth-order valence-corrected chi connectivity index (χ4v) is 5.97. The summed E-state index contributed by atoms with van der Waals surface area (Å²) in [5.74, 6) is -0.554. The molecule has 1 amide bonds. The van der Waals surface area contributed by atoms with Gasteiger partial charge >= 0.3 is 5.97 Å². The second-order valence-corrected chi connectivity index (χ2v) is 10.6. The van der Waals surface area contributed by atoms with Crippen molar-refractivity contribution in [1.29, 1.82) is 0 Å². The van der Waals surface area contributed by atoms with E-state index in [0.717, 1.165) is 44.9 Å². The molecule has 1 aliphatic carbocycles. The Balaban J connectivity index is 1.69. The highest BCUT2D eigenvalue weighted by Crippen LogP contribution is 2.27. The van der Waals surface area contributed by atoms with E-state index in [-0.39, 0.29) is 28.2 Å². The fraction of sp³-hybridized carbons (Fsp3) is 0.652. The van der Waals surface area contributed by atoms with Gasteiger partial charge in [0.05, 0.1) is 12.0 Å². The van der Waals surface area contributed by atoms with Gasteiger partial charge in [-0.2, -0.15) is 4.31 Å². The molecule has 0 bridgehead atoms. The van der Waals surface area contributed by atoms with Crippen molar-refractivity contribution < 1.29 is 27.5 Å². The molecule has 1 heterocycles. The molecule has 1 aromatic rings. The predicted octanol–water partition coefficient (Wildman–Crippen LogP) is 3.11. The zero-order chi connectivity index (χ0) is 23.1. The van der Waals surface area contributed by atoms with E-state index in [1.165, 1.54) is 36.0 Å². The van der Waals surface area contributed by atoms with Crippen molar-refractivity contribution in [3.63, 3.8) is 0 Å². The highest BCUT2D eigenvalue weighted by molar-refractivity contribution is 7.89. The number of amides is 1. The van der Waals surface area contributed by atoms with Crippen LogP contribution in [-0.2, 0) is 19.6 Å². The molecule has 2 aliphatic rings. The van der Waals surface area contributed by atoms with E-state index in [4.69, 9.17) is 9.47 Å². The lowest BCUT2D eigenvalue weighted by atomic mass is 9.86. The molecule has 8 nitrogen and oxygen atoms in total. The van der Waals surface area contributed by atoms with E-state index >= 15 is 0 Å². The summed E-state index contributed by atoms with van der Waals surface area (Å²) < 4.78 is 38.1. The zero-order valence-corrected chi connectivity index (χ0v) is 19.8. The average molecular weight is 467 g/mol. The van der Waals surface area contributed by atoms with Crippen molar-refractivity contribution >= 4 is 21.9 Å². The summed E-state index contributed by atoms with van der Waals surface area (Å²) in [6, 6.07) is 4.26. The van der Waals surface area contributed by atoms with Crippen LogP contribution in [0.25, 0.3) is 0 Å². The van der Waals surface area contributed by atoms with Crippen LogP contribution in [0.4, 0.5) is 0 Å². The summed E-state index contributed by atoms with van der Waals surface area (Å²) in [6.07, 6.45) is 7.88. The van der Waals surface area contributed by atoms with E-state index in [0.29, 0.717) is 19.0 Å². The lowest BCUT2D eigenvalue weighted by molar-refractivity contribution is -0.125. The number of hydrogen-bond acceptors (Lipinski definition) is 6. The molecule has 32 heavy (non-hydrogen) atoms. The first-order valence-corrected chi connectivity index (χ1v) is 12.9. The second kappa shape index (κ2) is 11.1. The zero-order valence-electron chi connectivity index (χ0n) is 19.0. The molecule has 0 unspecified atom stereocenters. The molecule has 1 saturated heterocycles. The van der Waals surface area contributed by atoms with Gasteiger partial charge < -0.3 is 14.8 Å². The van der Waals surface area contributed by atoms with Crippen molar-refractivity contribution in [1.82, 2.24) is 9.62 Å². The highest BCUT2D eigenvalue weighted by Gasteiger charge is 2.28. The third kappa shape index (κ3) is 6.01. The Labute approximate surface area is 190 Å². The highest BCUT2D eigenvalue weighted by atomic mass is 32.2. The third-order valence-electron chi connectivity index (χ3n) is 6.39. The van der Waals surface area contributed by atoms with Crippen molar-refractivity contribution in [2.45, 2.75) is 69.2 Å². The van der Waals surface area contributed by atoms with E-state index in [9.17, 15) is 18.0 Å². The van der Waals surface area contributed by atoms with Gasteiger partial charge in [0.15, 0.2) is 6.61 Å². The number of nitrogens with one attached hydrogen (secondary N) is 1. The molecular weight excluding hydrogens is 432 g/mol. The van der Waals surface area contributed by atoms with Gasteiger partial charge in [-0.3, -0.25) is 4.79 Å². The fourth-order valence-electron chi connectivity index (χ4n) is 4.43. The van der Waals surface area contributed by atoms with Crippen molar-refractivity contribution in [2.75, 3.05) is 26.8 Å². The van der Waals surface area contributed by atoms with Crippen LogP contribution in [0, 0.1) is 5.92 Å². The molecule has 0 spiro atoms. The van der Waals surface area contributed by atoms with E-state index in [1.54, 1.807) is 0 Å². The van der Waals surface area contributed by atoms with Crippen LogP contribution >= 0.6 is 0 Å². The Kier molecular flexibility index (Phi) is 8.53. The first-order valence-electron chi connectivity index (χ1n) is 11.5. The molecule has 178 valence electrons. The van der Waals surface area contributed by atoms with Gasteiger partial charge in [-0.1, -0.05) is 32.6 Å². The molecule has 1 aliphatic heterocycles. The van der Waals surface area contributed by atoms with Crippen molar-refractivity contribution in [3.05, 3.63) is 23.8 Å². The molecule has 0 aromatic heterocycles. The maximum atomic E-state index is 13.1. The number of methoxy groups -OCH3 is 1. The van der Waals surface area contributed by atoms with Crippen LogP contribution in [0.3, 0.4) is 0 Å². The summed E-state index contributed by atoms with van der Waals surface area (Å²) in [7, 11) is -2.34. The average Bonchev–Trinajstić information content (AvgIpc) is 3.09. The number of esters is 1. The number of rotatable bonds is 7. The minimum atomic E-state index is -3.73. The summed E-state index contributed by atoms with van der Waals surface area (Å²) in [6.45, 7) is 2.62. The van der Waals surface area contributed by atoms with Gasteiger partial charge in [-0.15, -0.1) is 0 Å². The Hall–Kier alpha value is -2.13. The molecule has 2 fully saturated rings. The summed E-state index contributed by atoms with van der Waals surface area (Å²) >= 11 is 0. The lowest BCUT2D eigenvalue weighted by Gasteiger charge is -2.29. The maximum Gasteiger partial charge on any atom is 0.342 e. The minimum Gasteiger partial charge on any atom is -0.496 e. The van der Waals surface area contributed by atoms with Gasteiger partial charge in [-0.05, 0) is 49.8 Å². The third-order valence-corrected chi connectivity index (χ3v) is 8.28. The van der Waals surface area contributed by atoms with Crippen LogP contribution in [0.1, 0.15) is 68.6 Å². The normalized spacial score (nSPS) is 22.6. The second-order valence-electron chi connectivity index (χ2n) is 8.69. The van der Waals surface area contributed by atoms with E-state index in [1.807, 2.05) is 0 Å². The van der Waals surface area contributed by atoms with E-state index in [2.05, 4.69) is 12.2 Å². The summed E-state index contributed by atoms with van der Waals surface area (Å²) in [5, 5.41) is 2.94. The molecule has 1 N–H and O–H groups in total. The number of carbonyl (C=O) groups excluding carboxylic acids is 2. The van der Waals surface area contributed by atoms with Gasteiger partial charge in [0, 0.05) is 19.1 Å². The SMILES string of the molecule is COc1ccc(S(=O)(=O)N2CCCCCC2)cc1C(=O)OCC(=O)N[C@@H]1CCCC[C@@H]1C. The van der Waals surface area contributed by atoms with Gasteiger partial charge in [0.2, 0.25) is 10.0 Å². The monoisotopic (exact) mass is 466 g/mol. The van der Waals surface area contributed by atoms with Crippen molar-refractivity contribution in [3.8, 4) is 5.75 Å². The topological polar surface area (TPSA) is 102 Å². The van der Waals surface area contributed by atoms with Crippen LogP contribution < -0.4 is 10.1 Å². The molecule has 2 atom stereocenters. The summed E-state index contributed by atoms with van der Waals surface area (Å²) in [5.41, 5.74) is -0.0118. The number of benzene rings is 1. The first-order chi connectivity index (χ1) is 15.3. The van der Waals surface area contributed by atoms with E-state index < -0.39 is 22.6 Å². The van der Waals surface area contributed by atoms with Crippen LogP contribution in [-0.4, -0.2) is 57.4 Å². The Bertz CT molecular complexity index is 909. The van der Waals surface area contributed by atoms with Gasteiger partial charge in [0.1, 0.15) is 11.3 Å². The minimum absolute atomic E-state index is 0.0118. The number of sulfonamides is 1. The lowest BCUT2D eigenvalue weighted by Crippen LogP contribution is -2.42.